The first-order chi connectivity index (χ1) is 11.9. The third kappa shape index (κ3) is 5.31. The van der Waals surface area contributed by atoms with Gasteiger partial charge >= 0.3 is 0 Å². The number of hydrogen-bond donors (Lipinski definition) is 2. The quantitative estimate of drug-likeness (QED) is 0.550. The molecule has 0 aromatic carbocycles. The molecule has 1 spiro atoms. The van der Waals surface area contributed by atoms with E-state index in [-0.39, 0.29) is 17.7 Å². The number of hydrogen-bond acceptors (Lipinski definition) is 5. The maximum absolute atomic E-state index is 11.6. The van der Waals surface area contributed by atoms with E-state index in [1.54, 1.807) is 0 Å². The molecule has 1 aliphatic carbocycles. The lowest BCUT2D eigenvalue weighted by Gasteiger charge is -2.23. The van der Waals surface area contributed by atoms with Gasteiger partial charge in [-0.15, -0.1) is 0 Å². The summed E-state index contributed by atoms with van der Waals surface area (Å²) in [4.78, 5) is 4.66. The zero-order valence-corrected chi connectivity index (χ0v) is 16.1. The van der Waals surface area contributed by atoms with E-state index in [2.05, 4.69) is 29.5 Å². The van der Waals surface area contributed by atoms with Crippen LogP contribution in [0.15, 0.2) is 4.99 Å². The molecule has 144 valence electrons. The topological polar surface area (TPSA) is 89.0 Å². The van der Waals surface area contributed by atoms with Gasteiger partial charge in [-0.25, -0.2) is 8.42 Å². The average Bonchev–Trinajstić information content (AvgIpc) is 3.24. The second-order valence-electron chi connectivity index (χ2n) is 7.92. The van der Waals surface area contributed by atoms with Crippen molar-refractivity contribution in [3.05, 3.63) is 0 Å². The molecule has 1 saturated carbocycles. The standard InChI is InChI=1S/C17H31N3O4S/c1-13(2)10-18-16(19-11-14-4-8-25(21,22)12-14)20-15-3-5-17(9-15)23-6-7-24-17/h13-15H,3-12H2,1-2H3,(H2,18,19,20). The fraction of sp³-hybridized carbons (Fsp3) is 0.941. The highest BCUT2D eigenvalue weighted by atomic mass is 32.2. The molecule has 0 bridgehead atoms. The first-order valence-electron chi connectivity index (χ1n) is 9.39. The van der Waals surface area contributed by atoms with Crippen LogP contribution in [0.3, 0.4) is 0 Å². The van der Waals surface area contributed by atoms with Gasteiger partial charge in [0.05, 0.1) is 24.7 Å². The van der Waals surface area contributed by atoms with Crippen LogP contribution in [0.1, 0.15) is 39.5 Å². The van der Waals surface area contributed by atoms with E-state index >= 15 is 0 Å². The number of nitrogens with zero attached hydrogens (tertiary/aromatic N) is 1. The molecule has 0 aromatic heterocycles. The van der Waals surface area contributed by atoms with E-state index in [0.717, 1.165) is 38.2 Å². The first kappa shape index (κ1) is 18.9. The van der Waals surface area contributed by atoms with Gasteiger partial charge in [-0.3, -0.25) is 4.99 Å². The SMILES string of the molecule is CC(C)CN=C(NCC1CCS(=O)(=O)C1)NC1CCC2(C1)OCCO2. The van der Waals surface area contributed by atoms with E-state index in [9.17, 15) is 8.42 Å². The summed E-state index contributed by atoms with van der Waals surface area (Å²) in [5, 5.41) is 6.85. The molecule has 8 heteroatoms. The Morgan fingerprint density at radius 2 is 2.04 bits per heavy atom. The van der Waals surface area contributed by atoms with E-state index in [1.807, 2.05) is 0 Å². The van der Waals surface area contributed by atoms with Crippen molar-refractivity contribution in [2.45, 2.75) is 51.4 Å². The van der Waals surface area contributed by atoms with Crippen molar-refractivity contribution in [1.82, 2.24) is 10.6 Å². The van der Waals surface area contributed by atoms with Crippen LogP contribution in [0.2, 0.25) is 0 Å². The minimum absolute atomic E-state index is 0.174. The van der Waals surface area contributed by atoms with Gasteiger partial charge in [-0.2, -0.15) is 0 Å². The lowest BCUT2D eigenvalue weighted by atomic mass is 10.1. The van der Waals surface area contributed by atoms with Gasteiger partial charge in [0.15, 0.2) is 21.6 Å². The van der Waals surface area contributed by atoms with Gasteiger partial charge in [0.25, 0.3) is 0 Å². The summed E-state index contributed by atoms with van der Waals surface area (Å²) in [6, 6.07) is 0.267. The fourth-order valence-electron chi connectivity index (χ4n) is 3.75. The van der Waals surface area contributed by atoms with Gasteiger partial charge < -0.3 is 20.1 Å². The van der Waals surface area contributed by atoms with Crippen LogP contribution >= 0.6 is 0 Å². The number of guanidine groups is 1. The molecule has 2 heterocycles. The Hall–Kier alpha value is -0.860. The maximum atomic E-state index is 11.6. The summed E-state index contributed by atoms with van der Waals surface area (Å²) in [5.41, 5.74) is 0. The smallest absolute Gasteiger partial charge is 0.191 e. The normalized spacial score (nSPS) is 31.1. The van der Waals surface area contributed by atoms with Crippen LogP contribution in [0.4, 0.5) is 0 Å². The molecule has 0 radical (unpaired) electrons. The number of ether oxygens (including phenoxy) is 2. The number of rotatable bonds is 5. The predicted octanol–water partition coefficient (Wildman–Crippen LogP) is 0.908. The highest BCUT2D eigenvalue weighted by Crippen LogP contribution is 2.37. The van der Waals surface area contributed by atoms with E-state index in [4.69, 9.17) is 9.47 Å². The van der Waals surface area contributed by atoms with Crippen LogP contribution in [-0.2, 0) is 19.3 Å². The second-order valence-corrected chi connectivity index (χ2v) is 10.2. The molecule has 3 rings (SSSR count). The lowest BCUT2D eigenvalue weighted by Crippen LogP contribution is -2.45. The predicted molar refractivity (Wildman–Crippen MR) is 97.3 cm³/mol. The van der Waals surface area contributed by atoms with Crippen molar-refractivity contribution < 1.29 is 17.9 Å². The van der Waals surface area contributed by atoms with Gasteiger partial charge in [-0.05, 0) is 24.7 Å². The Morgan fingerprint density at radius 3 is 2.68 bits per heavy atom. The molecule has 2 atom stereocenters. The summed E-state index contributed by atoms with van der Waals surface area (Å²) >= 11 is 0. The highest BCUT2D eigenvalue weighted by Gasteiger charge is 2.44. The molecular weight excluding hydrogens is 342 g/mol. The highest BCUT2D eigenvalue weighted by molar-refractivity contribution is 7.91. The molecule has 7 nitrogen and oxygen atoms in total. The van der Waals surface area contributed by atoms with Crippen LogP contribution < -0.4 is 10.6 Å². The summed E-state index contributed by atoms with van der Waals surface area (Å²) in [6.07, 6.45) is 3.46. The molecule has 3 fully saturated rings. The first-order valence-corrected chi connectivity index (χ1v) is 11.2. The number of sulfone groups is 1. The molecule has 2 unspecified atom stereocenters. The van der Waals surface area contributed by atoms with Crippen molar-refractivity contribution in [2.24, 2.45) is 16.8 Å². The number of nitrogens with one attached hydrogen (secondary N) is 2. The van der Waals surface area contributed by atoms with Crippen LogP contribution in [-0.4, -0.2) is 64.0 Å². The summed E-state index contributed by atoms with van der Waals surface area (Å²) in [5.74, 6) is 1.62. The Labute approximate surface area is 150 Å². The van der Waals surface area contributed by atoms with Crippen molar-refractivity contribution >= 4 is 15.8 Å². The largest absolute Gasteiger partial charge is 0.356 e. The van der Waals surface area contributed by atoms with Crippen molar-refractivity contribution in [1.29, 1.82) is 0 Å². The minimum Gasteiger partial charge on any atom is -0.356 e. The zero-order valence-electron chi connectivity index (χ0n) is 15.3. The number of aliphatic imine (C=N–C) groups is 1. The molecular formula is C17H31N3O4S. The van der Waals surface area contributed by atoms with Gasteiger partial charge in [0, 0.05) is 32.0 Å². The summed E-state index contributed by atoms with van der Waals surface area (Å²) < 4.78 is 34.8. The van der Waals surface area contributed by atoms with Gasteiger partial charge in [0.2, 0.25) is 0 Å². The molecule has 25 heavy (non-hydrogen) atoms. The molecule has 3 aliphatic rings. The van der Waals surface area contributed by atoms with Crippen LogP contribution in [0.5, 0.6) is 0 Å². The van der Waals surface area contributed by atoms with Gasteiger partial charge in [0.1, 0.15) is 0 Å². The molecule has 2 aliphatic heterocycles. The zero-order chi connectivity index (χ0) is 17.9. The Balaban J connectivity index is 1.53. The molecule has 2 saturated heterocycles. The average molecular weight is 374 g/mol. The van der Waals surface area contributed by atoms with Crippen molar-refractivity contribution in [2.75, 3.05) is 37.8 Å². The molecule has 2 N–H and O–H groups in total. The molecule has 0 amide bonds. The van der Waals surface area contributed by atoms with E-state index in [1.165, 1.54) is 0 Å². The second kappa shape index (κ2) is 7.80. The Morgan fingerprint density at radius 1 is 1.28 bits per heavy atom. The fourth-order valence-corrected chi connectivity index (χ4v) is 5.61. The van der Waals surface area contributed by atoms with Crippen LogP contribution in [0, 0.1) is 11.8 Å². The van der Waals surface area contributed by atoms with E-state index < -0.39 is 15.6 Å². The summed E-state index contributed by atoms with van der Waals surface area (Å²) in [6.45, 7) is 7.01. The van der Waals surface area contributed by atoms with E-state index in [0.29, 0.717) is 31.4 Å². The third-order valence-electron chi connectivity index (χ3n) is 5.08. The monoisotopic (exact) mass is 373 g/mol. The van der Waals surface area contributed by atoms with Crippen molar-refractivity contribution in [3.63, 3.8) is 0 Å². The van der Waals surface area contributed by atoms with Crippen LogP contribution in [0.25, 0.3) is 0 Å². The maximum Gasteiger partial charge on any atom is 0.191 e. The Kier molecular flexibility index (Phi) is 5.90. The summed E-state index contributed by atoms with van der Waals surface area (Å²) in [7, 11) is -2.84. The van der Waals surface area contributed by atoms with Crippen molar-refractivity contribution in [3.8, 4) is 0 Å². The lowest BCUT2D eigenvalue weighted by molar-refractivity contribution is -0.151. The van der Waals surface area contributed by atoms with Gasteiger partial charge in [-0.1, -0.05) is 13.8 Å². The third-order valence-corrected chi connectivity index (χ3v) is 6.92. The molecule has 0 aromatic rings. The minimum atomic E-state index is -2.84. The Bertz CT molecular complexity index is 585.